The molecule has 1 aliphatic rings. The van der Waals surface area contributed by atoms with Crippen molar-refractivity contribution in [3.63, 3.8) is 0 Å². The number of aromatic nitrogens is 2. The fraction of sp³-hybridized carbons (Fsp3) is 0.312. The fourth-order valence-corrected chi connectivity index (χ4v) is 2.48. The molecule has 2 aromatic rings. The molecule has 0 saturated carbocycles. The highest BCUT2D eigenvalue weighted by Crippen LogP contribution is 2.27. The molecule has 3 N–H and O–H groups in total. The van der Waals surface area contributed by atoms with Gasteiger partial charge in [0.25, 0.3) is 0 Å². The van der Waals surface area contributed by atoms with Crippen molar-refractivity contribution in [2.45, 2.75) is 24.9 Å². The highest BCUT2D eigenvalue weighted by Gasteiger charge is 2.34. The Kier molecular flexibility index (Phi) is 5.08. The molecule has 9 heteroatoms. The van der Waals surface area contributed by atoms with Crippen LogP contribution in [0.2, 0.25) is 0 Å². The number of benzene rings is 1. The van der Waals surface area contributed by atoms with E-state index in [2.05, 4.69) is 10.3 Å². The van der Waals surface area contributed by atoms with Gasteiger partial charge < -0.3 is 19.7 Å². The second-order valence-corrected chi connectivity index (χ2v) is 5.45. The van der Waals surface area contributed by atoms with Crippen molar-refractivity contribution in [3.8, 4) is 5.75 Å². The van der Waals surface area contributed by atoms with Crippen molar-refractivity contribution >= 4 is 11.9 Å². The molecule has 25 heavy (non-hydrogen) atoms. The zero-order valence-electron chi connectivity index (χ0n) is 13.1. The first-order valence-corrected chi connectivity index (χ1v) is 7.64. The average Bonchev–Trinajstić information content (AvgIpc) is 2.96. The van der Waals surface area contributed by atoms with Gasteiger partial charge in [0.1, 0.15) is 23.9 Å². The average molecular weight is 347 g/mol. The van der Waals surface area contributed by atoms with Gasteiger partial charge in [0.05, 0.1) is 12.7 Å². The second kappa shape index (κ2) is 7.43. The van der Waals surface area contributed by atoms with Gasteiger partial charge in [0, 0.05) is 12.6 Å². The van der Waals surface area contributed by atoms with Crippen LogP contribution in [0.5, 0.6) is 5.75 Å². The van der Waals surface area contributed by atoms with Gasteiger partial charge in [-0.15, -0.1) is 0 Å². The predicted octanol–water partition coefficient (Wildman–Crippen LogP) is 0.495. The maximum absolute atomic E-state index is 12.1. The first kappa shape index (κ1) is 17.1. The minimum atomic E-state index is -0.861. The van der Waals surface area contributed by atoms with Gasteiger partial charge in [-0.2, -0.15) is 4.98 Å². The summed E-state index contributed by atoms with van der Waals surface area (Å²) >= 11 is 0. The molecule has 0 aliphatic carbocycles. The maximum Gasteiger partial charge on any atom is 0.418 e. The van der Waals surface area contributed by atoms with Crippen molar-refractivity contribution in [2.24, 2.45) is 0 Å². The first-order valence-electron chi connectivity index (χ1n) is 7.64. The number of nitrogens with one attached hydrogen (secondary N) is 1. The molecule has 1 amide bonds. The van der Waals surface area contributed by atoms with Gasteiger partial charge in [-0.1, -0.05) is 18.2 Å². The standard InChI is InChI=1S/C16H17N3O6/c20-9-12-11(21)8-14(25-12)19-7-6-13(17-15(19)22)18-16(23)24-10-4-2-1-3-5-10/h1-7,11-12,14,20-21H,8-9H2,(H,17,18,22,23)/t11?,12-,14-/m1/s1. The molecule has 2 heterocycles. The van der Waals surface area contributed by atoms with Gasteiger partial charge in [0.15, 0.2) is 0 Å². The van der Waals surface area contributed by atoms with Gasteiger partial charge >= 0.3 is 11.8 Å². The Hall–Kier alpha value is -2.75. The van der Waals surface area contributed by atoms with Crippen molar-refractivity contribution in [1.82, 2.24) is 9.55 Å². The van der Waals surface area contributed by atoms with Crippen LogP contribution in [0.25, 0.3) is 0 Å². The van der Waals surface area contributed by atoms with E-state index in [1.54, 1.807) is 30.3 Å². The summed E-state index contributed by atoms with van der Waals surface area (Å²) in [5, 5.41) is 21.2. The van der Waals surface area contributed by atoms with Crippen molar-refractivity contribution in [2.75, 3.05) is 11.9 Å². The molecule has 1 aromatic carbocycles. The second-order valence-electron chi connectivity index (χ2n) is 5.45. The lowest BCUT2D eigenvalue weighted by molar-refractivity contribution is -0.0458. The Balaban J connectivity index is 1.66. The van der Waals surface area contributed by atoms with Crippen molar-refractivity contribution in [1.29, 1.82) is 0 Å². The number of anilines is 1. The highest BCUT2D eigenvalue weighted by atomic mass is 16.6. The topological polar surface area (TPSA) is 123 Å². The monoisotopic (exact) mass is 347 g/mol. The molecule has 132 valence electrons. The number of aliphatic hydroxyl groups excluding tert-OH is 2. The van der Waals surface area contributed by atoms with Crippen LogP contribution >= 0.6 is 0 Å². The summed E-state index contributed by atoms with van der Waals surface area (Å²) in [6.07, 6.45) is -1.54. The van der Waals surface area contributed by atoms with E-state index in [-0.39, 0.29) is 18.8 Å². The van der Waals surface area contributed by atoms with E-state index >= 15 is 0 Å². The number of para-hydroxylation sites is 1. The van der Waals surface area contributed by atoms with E-state index in [1.165, 1.54) is 16.8 Å². The largest absolute Gasteiger partial charge is 0.418 e. The van der Waals surface area contributed by atoms with Crippen molar-refractivity contribution < 1.29 is 24.5 Å². The molecule has 1 aromatic heterocycles. The molecule has 0 bridgehead atoms. The molecule has 3 rings (SSSR count). The lowest BCUT2D eigenvalue weighted by atomic mass is 10.2. The van der Waals surface area contributed by atoms with E-state index in [4.69, 9.17) is 14.6 Å². The van der Waals surface area contributed by atoms with E-state index in [1.807, 2.05) is 0 Å². The van der Waals surface area contributed by atoms with E-state index in [9.17, 15) is 14.7 Å². The van der Waals surface area contributed by atoms with E-state index in [0.29, 0.717) is 5.75 Å². The summed E-state index contributed by atoms with van der Waals surface area (Å²) in [5.74, 6) is 0.385. The smallest absolute Gasteiger partial charge is 0.410 e. The van der Waals surface area contributed by atoms with Crippen molar-refractivity contribution in [3.05, 3.63) is 53.1 Å². The predicted molar refractivity (Wildman–Crippen MR) is 86.2 cm³/mol. The number of hydrogen-bond acceptors (Lipinski definition) is 7. The van der Waals surface area contributed by atoms with Crippen LogP contribution in [0.15, 0.2) is 47.4 Å². The summed E-state index contributed by atoms with van der Waals surface area (Å²) < 4.78 is 11.6. The van der Waals surface area contributed by atoms with Gasteiger partial charge in [-0.05, 0) is 18.2 Å². The molecular weight excluding hydrogens is 330 g/mol. The Morgan fingerprint density at radius 2 is 2.12 bits per heavy atom. The van der Waals surface area contributed by atoms with Gasteiger partial charge in [-0.25, -0.2) is 9.59 Å². The summed E-state index contributed by atoms with van der Waals surface area (Å²) in [6.45, 7) is -0.342. The van der Waals surface area contributed by atoms with Crippen LogP contribution < -0.4 is 15.7 Å². The molecule has 1 saturated heterocycles. The zero-order valence-corrected chi connectivity index (χ0v) is 13.1. The summed E-state index contributed by atoms with van der Waals surface area (Å²) in [6, 6.07) is 9.87. The van der Waals surface area contributed by atoms with Crippen LogP contribution in [-0.2, 0) is 4.74 Å². The number of hydrogen-bond donors (Lipinski definition) is 3. The van der Waals surface area contributed by atoms with E-state index < -0.39 is 30.2 Å². The Labute approximate surface area is 142 Å². The molecule has 1 fully saturated rings. The molecule has 3 atom stereocenters. The Morgan fingerprint density at radius 3 is 2.76 bits per heavy atom. The highest BCUT2D eigenvalue weighted by molar-refractivity contribution is 5.84. The molecule has 1 aliphatic heterocycles. The third-order valence-electron chi connectivity index (χ3n) is 3.71. The minimum Gasteiger partial charge on any atom is -0.410 e. The number of aliphatic hydroxyl groups is 2. The fourth-order valence-electron chi connectivity index (χ4n) is 2.48. The van der Waals surface area contributed by atoms with Gasteiger partial charge in [0.2, 0.25) is 0 Å². The molecule has 1 unspecified atom stereocenters. The zero-order chi connectivity index (χ0) is 17.8. The van der Waals surface area contributed by atoms with Crippen LogP contribution in [0.3, 0.4) is 0 Å². The van der Waals surface area contributed by atoms with Crippen LogP contribution in [0, 0.1) is 0 Å². The Bertz CT molecular complexity index is 794. The number of amides is 1. The lowest BCUT2D eigenvalue weighted by Crippen LogP contribution is -2.29. The molecular formula is C16H17N3O6. The van der Waals surface area contributed by atoms with Crippen LogP contribution in [-0.4, -0.2) is 44.7 Å². The van der Waals surface area contributed by atoms with Crippen LogP contribution in [0.1, 0.15) is 12.6 Å². The first-order chi connectivity index (χ1) is 12.1. The Morgan fingerprint density at radius 1 is 1.36 bits per heavy atom. The number of rotatable bonds is 4. The number of ether oxygens (including phenoxy) is 2. The minimum absolute atomic E-state index is 0.0273. The number of carbonyl (C=O) groups excluding carboxylic acids is 1. The molecule has 0 spiro atoms. The summed E-state index contributed by atoms with van der Waals surface area (Å²) in [7, 11) is 0. The quantitative estimate of drug-likeness (QED) is 0.736. The van der Waals surface area contributed by atoms with Crippen LogP contribution in [0.4, 0.5) is 10.6 Å². The number of nitrogens with zero attached hydrogens (tertiary/aromatic N) is 2. The molecule has 0 radical (unpaired) electrons. The van der Waals surface area contributed by atoms with Gasteiger partial charge in [-0.3, -0.25) is 9.88 Å². The number of carbonyl (C=O) groups is 1. The maximum atomic E-state index is 12.1. The third kappa shape index (κ3) is 4.02. The summed E-state index contributed by atoms with van der Waals surface area (Å²) in [4.78, 5) is 27.6. The molecule has 9 nitrogen and oxygen atoms in total. The SMILES string of the molecule is O=C(Nc1ccn([C@H]2CC(O)[C@@H](CO)O2)c(=O)n1)Oc1ccccc1. The normalized spacial score (nSPS) is 22.6. The lowest BCUT2D eigenvalue weighted by Gasteiger charge is -2.14. The summed E-state index contributed by atoms with van der Waals surface area (Å²) in [5.41, 5.74) is -0.659. The third-order valence-corrected chi connectivity index (χ3v) is 3.71. The van der Waals surface area contributed by atoms with E-state index in [0.717, 1.165) is 0 Å².